The van der Waals surface area contributed by atoms with Crippen LogP contribution in [0.5, 0.6) is 0 Å². The molecule has 0 aromatic carbocycles. The van der Waals surface area contributed by atoms with Crippen molar-refractivity contribution in [2.45, 2.75) is 52.9 Å². The van der Waals surface area contributed by atoms with Crippen molar-refractivity contribution in [3.63, 3.8) is 0 Å². The first kappa shape index (κ1) is 24.2. The summed E-state index contributed by atoms with van der Waals surface area (Å²) in [5, 5.41) is 21.9. The van der Waals surface area contributed by atoms with E-state index < -0.39 is 23.3 Å². The molecule has 94 valence electrons. The first-order valence-corrected chi connectivity index (χ1v) is 5.84. The Bertz CT molecular complexity index is 244. The molecule has 0 aromatic heterocycles. The smallest absolute Gasteiger partial charge is 0.549 e. The molecule has 0 aliphatic rings. The van der Waals surface area contributed by atoms with Gasteiger partial charge >= 0.3 is 70.2 Å². The molecule has 0 N–H and O–H groups in total. The second kappa shape index (κ2) is 12.0. The minimum Gasteiger partial charge on any atom is -0.549 e. The Morgan fingerprint density at radius 3 is 1.83 bits per heavy atom. The molecule has 0 aliphatic heterocycles. The van der Waals surface area contributed by atoms with Gasteiger partial charge in [0.15, 0.2) is 0 Å². The Morgan fingerprint density at radius 2 is 1.56 bits per heavy atom. The normalized spacial score (nSPS) is 11.9. The van der Waals surface area contributed by atoms with Crippen LogP contribution in [-0.4, -0.2) is 11.9 Å². The number of carboxylic acids is 2. The summed E-state index contributed by atoms with van der Waals surface area (Å²) in [6.07, 6.45) is 3.92. The monoisotopic (exact) mass is 274 g/mol. The molecule has 0 radical (unpaired) electrons. The summed E-state index contributed by atoms with van der Waals surface area (Å²) in [5.74, 6) is -3.51. The van der Waals surface area contributed by atoms with E-state index >= 15 is 0 Å². The van der Waals surface area contributed by atoms with E-state index in [0.717, 1.165) is 19.3 Å². The zero-order valence-electron chi connectivity index (χ0n) is 12.2. The molecule has 1 atom stereocenters. The molecular weight excluding hydrogens is 254 g/mol. The Labute approximate surface area is 164 Å². The fourth-order valence-electron chi connectivity index (χ4n) is 1.96. The number of hydrogen-bond acceptors (Lipinski definition) is 4. The van der Waals surface area contributed by atoms with Crippen LogP contribution in [0, 0.1) is 11.3 Å². The Morgan fingerprint density at radius 1 is 1.11 bits per heavy atom. The summed E-state index contributed by atoms with van der Waals surface area (Å²) in [7, 11) is 0. The van der Waals surface area contributed by atoms with Crippen LogP contribution in [0.3, 0.4) is 0 Å². The standard InChI is InChI=1S/C12H22O4.K.Li/c1-4-6-7-8-9(5-2)12(3,10(13)14)11(15)16;;/h9H,4-8H2,1-3H3,(H,13,14)(H,15,16);;/q;2*+1/p-2. The van der Waals surface area contributed by atoms with Gasteiger partial charge in [-0.2, -0.15) is 0 Å². The summed E-state index contributed by atoms with van der Waals surface area (Å²) < 4.78 is 0. The number of unbranched alkanes of at least 4 members (excludes halogenated alkanes) is 2. The summed E-state index contributed by atoms with van der Waals surface area (Å²) in [4.78, 5) is 21.9. The van der Waals surface area contributed by atoms with E-state index in [1.54, 1.807) is 6.92 Å². The van der Waals surface area contributed by atoms with E-state index in [4.69, 9.17) is 0 Å². The SMILES string of the molecule is CCCCCC(CC)C(C)(C(=O)[O-])C(=O)[O-].[K+].[Li+]. The van der Waals surface area contributed by atoms with E-state index in [1.165, 1.54) is 6.92 Å². The molecule has 0 fully saturated rings. The molecule has 4 nitrogen and oxygen atoms in total. The molecule has 6 heteroatoms. The minimum atomic E-state index is -1.87. The van der Waals surface area contributed by atoms with Gasteiger partial charge < -0.3 is 19.8 Å². The van der Waals surface area contributed by atoms with Gasteiger partial charge in [-0.15, -0.1) is 0 Å². The molecule has 0 aromatic rings. The molecule has 0 heterocycles. The maximum atomic E-state index is 11.0. The Hall–Kier alpha value is 1.17. The van der Waals surface area contributed by atoms with E-state index in [2.05, 4.69) is 0 Å². The van der Waals surface area contributed by atoms with Gasteiger partial charge in [0.05, 0.1) is 11.9 Å². The van der Waals surface area contributed by atoms with Gasteiger partial charge in [-0.25, -0.2) is 0 Å². The first-order chi connectivity index (χ1) is 7.41. The molecule has 1 unspecified atom stereocenters. The van der Waals surface area contributed by atoms with Crippen molar-refractivity contribution in [1.82, 2.24) is 0 Å². The van der Waals surface area contributed by atoms with Crippen molar-refractivity contribution in [3.8, 4) is 0 Å². The number of rotatable bonds is 8. The molecule has 0 aliphatic carbocycles. The van der Waals surface area contributed by atoms with E-state index in [1.807, 2.05) is 6.92 Å². The van der Waals surface area contributed by atoms with Crippen LogP contribution in [0.15, 0.2) is 0 Å². The van der Waals surface area contributed by atoms with Gasteiger partial charge in [0.25, 0.3) is 0 Å². The molecule has 18 heavy (non-hydrogen) atoms. The van der Waals surface area contributed by atoms with Crippen molar-refractivity contribution < 1.29 is 90.0 Å². The van der Waals surface area contributed by atoms with E-state index in [9.17, 15) is 19.8 Å². The number of carbonyl (C=O) groups is 2. The molecule has 0 rings (SSSR count). The van der Waals surface area contributed by atoms with Crippen LogP contribution >= 0.6 is 0 Å². The van der Waals surface area contributed by atoms with Crippen molar-refractivity contribution >= 4 is 11.9 Å². The van der Waals surface area contributed by atoms with Crippen LogP contribution in [0.25, 0.3) is 0 Å². The van der Waals surface area contributed by atoms with Gasteiger partial charge in [0.2, 0.25) is 0 Å². The van der Waals surface area contributed by atoms with Gasteiger partial charge in [0.1, 0.15) is 0 Å². The van der Waals surface area contributed by atoms with Gasteiger partial charge in [-0.1, -0.05) is 39.5 Å². The zero-order valence-corrected chi connectivity index (χ0v) is 15.4. The van der Waals surface area contributed by atoms with Crippen LogP contribution in [-0.2, 0) is 9.59 Å². The van der Waals surface area contributed by atoms with Gasteiger partial charge in [0, 0.05) is 5.41 Å². The molecule has 0 amide bonds. The summed E-state index contributed by atoms with van der Waals surface area (Å²) in [5.41, 5.74) is -1.87. The number of carbonyl (C=O) groups excluding carboxylic acids is 2. The fourth-order valence-corrected chi connectivity index (χ4v) is 1.96. The molecule has 0 saturated heterocycles. The molecule has 0 saturated carbocycles. The average molecular weight is 274 g/mol. The minimum absolute atomic E-state index is 0. The molecular formula is C12H20KLiO4. The van der Waals surface area contributed by atoms with Crippen LogP contribution in [0.1, 0.15) is 52.9 Å². The van der Waals surface area contributed by atoms with Gasteiger partial charge in [-0.3, -0.25) is 0 Å². The first-order valence-electron chi connectivity index (χ1n) is 5.84. The summed E-state index contributed by atoms with van der Waals surface area (Å²) in [6, 6.07) is 0. The zero-order chi connectivity index (χ0) is 12.8. The third kappa shape index (κ3) is 6.56. The van der Waals surface area contributed by atoms with Crippen molar-refractivity contribution in [3.05, 3.63) is 0 Å². The van der Waals surface area contributed by atoms with Crippen LogP contribution in [0.2, 0.25) is 0 Å². The average Bonchev–Trinajstić information content (AvgIpc) is 2.23. The van der Waals surface area contributed by atoms with Crippen molar-refractivity contribution in [2.75, 3.05) is 0 Å². The largest absolute Gasteiger partial charge is 1.00 e. The van der Waals surface area contributed by atoms with Gasteiger partial charge in [-0.05, 0) is 19.3 Å². The van der Waals surface area contributed by atoms with Crippen molar-refractivity contribution in [1.29, 1.82) is 0 Å². The predicted octanol–water partition coefficient (Wildman–Crippen LogP) is -5.89. The second-order valence-corrected chi connectivity index (χ2v) is 4.38. The van der Waals surface area contributed by atoms with E-state index in [-0.39, 0.29) is 70.2 Å². The summed E-state index contributed by atoms with van der Waals surface area (Å²) >= 11 is 0. The third-order valence-electron chi connectivity index (χ3n) is 3.31. The van der Waals surface area contributed by atoms with Crippen molar-refractivity contribution in [2.24, 2.45) is 11.3 Å². The Kier molecular flexibility index (Phi) is 16.1. The maximum Gasteiger partial charge on any atom is 1.00 e. The van der Waals surface area contributed by atoms with Crippen LogP contribution in [0.4, 0.5) is 0 Å². The third-order valence-corrected chi connectivity index (χ3v) is 3.31. The predicted molar refractivity (Wildman–Crippen MR) is 56.0 cm³/mol. The van der Waals surface area contributed by atoms with Crippen LogP contribution < -0.4 is 80.5 Å². The quantitative estimate of drug-likeness (QED) is 0.251. The second-order valence-electron chi connectivity index (χ2n) is 4.38. The molecule has 0 bridgehead atoms. The topological polar surface area (TPSA) is 80.3 Å². The fraction of sp³-hybridized carbons (Fsp3) is 0.833. The molecule has 0 spiro atoms. The maximum absolute atomic E-state index is 11.0. The van der Waals surface area contributed by atoms with E-state index in [0.29, 0.717) is 12.8 Å². The Balaban J connectivity index is -0.00000112. The summed E-state index contributed by atoms with van der Waals surface area (Å²) in [6.45, 7) is 5.02. The number of carboxylic acid groups (broad SMARTS) is 2. The number of hydrogen-bond donors (Lipinski definition) is 0. The number of aliphatic carboxylic acids is 2.